The molecule has 0 atom stereocenters. The van der Waals surface area contributed by atoms with E-state index in [0.29, 0.717) is 43.0 Å². The first-order valence-corrected chi connectivity index (χ1v) is 11.8. The quantitative estimate of drug-likeness (QED) is 0.558. The molecule has 0 aromatic heterocycles. The van der Waals surface area contributed by atoms with Gasteiger partial charge in [-0.1, -0.05) is 12.1 Å². The van der Waals surface area contributed by atoms with Gasteiger partial charge in [-0.25, -0.2) is 9.59 Å². The molecule has 1 aromatic rings. The normalized spacial score (nSPS) is 16.4. The lowest BCUT2D eigenvalue weighted by molar-refractivity contribution is -0.136. The number of nitrogens with one attached hydrogen (secondary N) is 1. The fourth-order valence-electron chi connectivity index (χ4n) is 4.07. The van der Waals surface area contributed by atoms with E-state index in [1.165, 1.54) is 12.0 Å². The number of hydrogen-bond donors (Lipinski definition) is 2. The summed E-state index contributed by atoms with van der Waals surface area (Å²) in [6.07, 6.45) is -0.415. The van der Waals surface area contributed by atoms with Crippen LogP contribution in [0.25, 0.3) is 0 Å². The summed E-state index contributed by atoms with van der Waals surface area (Å²) in [6.45, 7) is 8.32. The lowest BCUT2D eigenvalue weighted by atomic mass is 10.1. The Balaban J connectivity index is 1.81. The molecule has 0 spiro atoms. The lowest BCUT2D eigenvalue weighted by Crippen LogP contribution is -2.51. The summed E-state index contributed by atoms with van der Waals surface area (Å²) >= 11 is 0. The van der Waals surface area contributed by atoms with Crippen LogP contribution >= 0.6 is 0 Å². The minimum atomic E-state index is -0.661. The van der Waals surface area contributed by atoms with Crippen LogP contribution in [-0.2, 0) is 19.1 Å². The first-order valence-electron chi connectivity index (χ1n) is 11.8. The number of anilines is 1. The van der Waals surface area contributed by atoms with E-state index in [1.807, 2.05) is 0 Å². The summed E-state index contributed by atoms with van der Waals surface area (Å²) in [4.78, 5) is 55.7. The van der Waals surface area contributed by atoms with Crippen LogP contribution in [0.5, 0.6) is 0 Å². The molecule has 0 unspecified atom stereocenters. The summed E-state index contributed by atoms with van der Waals surface area (Å²) in [7, 11) is 1.23. The molecule has 1 fully saturated rings. The van der Waals surface area contributed by atoms with Crippen molar-refractivity contribution in [2.45, 2.75) is 33.3 Å². The van der Waals surface area contributed by atoms with Gasteiger partial charge in [0.15, 0.2) is 0 Å². The molecule has 11 nitrogen and oxygen atoms in total. The van der Waals surface area contributed by atoms with Crippen LogP contribution in [0.15, 0.2) is 29.5 Å². The van der Waals surface area contributed by atoms with Crippen molar-refractivity contribution in [3.8, 4) is 0 Å². The van der Waals surface area contributed by atoms with Gasteiger partial charge in [0.25, 0.3) is 11.8 Å². The molecule has 0 radical (unpaired) electrons. The van der Waals surface area contributed by atoms with E-state index in [2.05, 4.69) is 5.32 Å². The van der Waals surface area contributed by atoms with Gasteiger partial charge < -0.3 is 34.6 Å². The highest BCUT2D eigenvalue weighted by Crippen LogP contribution is 2.28. The standard InChI is InChI=1S/C25H34N4O7/c1-16-7-6-8-17(21(31)27-9-11-28(12-10-27)24(34)36-25(2,3)4)19(16)26-20-18(23(33)35-5)15-29(13-14-30)22(20)32/h6-8,26,30H,9-15H2,1-5H3. The van der Waals surface area contributed by atoms with Gasteiger partial charge in [0.1, 0.15) is 11.3 Å². The molecule has 196 valence electrons. The van der Waals surface area contributed by atoms with Crippen LogP contribution in [0.2, 0.25) is 0 Å². The van der Waals surface area contributed by atoms with Crippen molar-refractivity contribution in [3.63, 3.8) is 0 Å². The average molecular weight is 503 g/mol. The predicted molar refractivity (Wildman–Crippen MR) is 131 cm³/mol. The summed E-state index contributed by atoms with van der Waals surface area (Å²) in [5.74, 6) is -1.38. The second-order valence-corrected chi connectivity index (χ2v) is 9.68. The third-order valence-electron chi connectivity index (χ3n) is 5.93. The highest BCUT2D eigenvalue weighted by Gasteiger charge is 2.36. The molecule has 1 saturated heterocycles. The van der Waals surface area contributed by atoms with E-state index in [0.717, 1.165) is 0 Å². The fraction of sp³-hybridized carbons (Fsp3) is 0.520. The number of esters is 1. The number of piperazine rings is 1. The van der Waals surface area contributed by atoms with Crippen LogP contribution < -0.4 is 5.32 Å². The monoisotopic (exact) mass is 502 g/mol. The molecular formula is C25H34N4O7. The van der Waals surface area contributed by atoms with E-state index < -0.39 is 23.6 Å². The van der Waals surface area contributed by atoms with Gasteiger partial charge in [-0.15, -0.1) is 0 Å². The van der Waals surface area contributed by atoms with Crippen molar-refractivity contribution in [3.05, 3.63) is 40.6 Å². The third kappa shape index (κ3) is 5.96. The first-order chi connectivity index (χ1) is 17.0. The SMILES string of the molecule is COC(=O)C1=C(Nc2c(C)cccc2C(=O)N2CCN(C(=O)OC(C)(C)C)CC2)C(=O)N(CCO)C1. The minimum absolute atomic E-state index is 0.00378. The van der Waals surface area contributed by atoms with Crippen molar-refractivity contribution in [1.29, 1.82) is 0 Å². The Morgan fingerprint density at radius 3 is 2.31 bits per heavy atom. The first kappa shape index (κ1) is 27.0. The molecule has 0 saturated carbocycles. The average Bonchev–Trinajstić information content (AvgIpc) is 3.13. The highest BCUT2D eigenvalue weighted by atomic mass is 16.6. The summed E-state index contributed by atoms with van der Waals surface area (Å²) in [5.41, 5.74) is 1.00. The molecule has 2 heterocycles. The van der Waals surface area contributed by atoms with E-state index in [1.54, 1.807) is 55.7 Å². The zero-order valence-corrected chi connectivity index (χ0v) is 21.4. The zero-order chi connectivity index (χ0) is 26.6. The molecule has 0 bridgehead atoms. The number of methoxy groups -OCH3 is 1. The van der Waals surface area contributed by atoms with Crippen molar-refractivity contribution in [2.75, 3.05) is 58.3 Å². The molecule has 2 aliphatic rings. The number of β-amino-alcohol motifs (C(OH)–C–C–N with tert-alkyl or cyclic N) is 1. The molecular weight excluding hydrogens is 468 g/mol. The third-order valence-corrected chi connectivity index (χ3v) is 5.93. The number of aliphatic hydroxyl groups is 1. The number of aryl methyl sites for hydroxylation is 1. The lowest BCUT2D eigenvalue weighted by Gasteiger charge is -2.36. The van der Waals surface area contributed by atoms with Crippen LogP contribution in [0.1, 0.15) is 36.7 Å². The Labute approximate surface area is 210 Å². The number of carbonyl (C=O) groups is 4. The second-order valence-electron chi connectivity index (χ2n) is 9.68. The molecule has 2 N–H and O–H groups in total. The van der Waals surface area contributed by atoms with Crippen molar-refractivity contribution >= 4 is 29.6 Å². The van der Waals surface area contributed by atoms with Crippen LogP contribution in [0, 0.1) is 6.92 Å². The van der Waals surface area contributed by atoms with Gasteiger partial charge in [0, 0.05) is 32.7 Å². The predicted octanol–water partition coefficient (Wildman–Crippen LogP) is 1.36. The molecule has 0 aliphatic carbocycles. The van der Waals surface area contributed by atoms with Gasteiger partial charge in [0.05, 0.1) is 37.1 Å². The number of ether oxygens (including phenoxy) is 2. The number of amides is 3. The Bertz CT molecular complexity index is 1070. The molecule has 3 rings (SSSR count). The van der Waals surface area contributed by atoms with Gasteiger partial charge in [0.2, 0.25) is 0 Å². The van der Waals surface area contributed by atoms with E-state index in [9.17, 15) is 24.3 Å². The van der Waals surface area contributed by atoms with Gasteiger partial charge >= 0.3 is 12.1 Å². The fourth-order valence-corrected chi connectivity index (χ4v) is 4.07. The van der Waals surface area contributed by atoms with E-state index in [-0.39, 0.29) is 36.9 Å². The molecule has 11 heteroatoms. The highest BCUT2D eigenvalue weighted by molar-refractivity contribution is 6.10. The maximum Gasteiger partial charge on any atom is 0.410 e. The molecule has 36 heavy (non-hydrogen) atoms. The van der Waals surface area contributed by atoms with Gasteiger partial charge in [-0.3, -0.25) is 9.59 Å². The van der Waals surface area contributed by atoms with Gasteiger partial charge in [-0.05, 0) is 39.3 Å². The number of rotatable bonds is 6. The molecule has 2 aliphatic heterocycles. The molecule has 3 amide bonds. The van der Waals surface area contributed by atoms with Crippen LogP contribution in [0.4, 0.5) is 10.5 Å². The maximum atomic E-state index is 13.5. The second kappa shape index (κ2) is 11.0. The Kier molecular flexibility index (Phi) is 8.24. The topological polar surface area (TPSA) is 129 Å². The number of para-hydroxylation sites is 1. The van der Waals surface area contributed by atoms with E-state index >= 15 is 0 Å². The van der Waals surface area contributed by atoms with Crippen molar-refractivity contribution < 1.29 is 33.8 Å². The number of aliphatic hydroxyl groups excluding tert-OH is 1. The molecule has 1 aromatic carbocycles. The Morgan fingerprint density at radius 1 is 1.08 bits per heavy atom. The number of nitrogens with zero attached hydrogens (tertiary/aromatic N) is 3. The summed E-state index contributed by atoms with van der Waals surface area (Å²) < 4.78 is 10.3. The van der Waals surface area contributed by atoms with Gasteiger partial charge in [-0.2, -0.15) is 0 Å². The number of benzene rings is 1. The van der Waals surface area contributed by atoms with Crippen LogP contribution in [-0.4, -0.2) is 102 Å². The van der Waals surface area contributed by atoms with Crippen molar-refractivity contribution in [1.82, 2.24) is 14.7 Å². The Morgan fingerprint density at radius 2 is 1.72 bits per heavy atom. The van der Waals surface area contributed by atoms with Crippen LogP contribution in [0.3, 0.4) is 0 Å². The summed E-state index contributed by atoms with van der Waals surface area (Å²) in [6, 6.07) is 5.19. The smallest absolute Gasteiger partial charge is 0.410 e. The number of carbonyl (C=O) groups excluding carboxylic acids is 4. The zero-order valence-electron chi connectivity index (χ0n) is 21.4. The van der Waals surface area contributed by atoms with Crippen molar-refractivity contribution in [2.24, 2.45) is 0 Å². The number of hydrogen-bond acceptors (Lipinski definition) is 8. The Hall–Kier alpha value is -3.60. The van der Waals surface area contributed by atoms with E-state index in [4.69, 9.17) is 9.47 Å². The minimum Gasteiger partial charge on any atom is -0.466 e. The summed E-state index contributed by atoms with van der Waals surface area (Å²) in [5, 5.41) is 12.3. The maximum absolute atomic E-state index is 13.5. The largest absolute Gasteiger partial charge is 0.466 e.